The summed E-state index contributed by atoms with van der Waals surface area (Å²) >= 11 is 0. The van der Waals surface area contributed by atoms with Crippen LogP contribution in [0.25, 0.3) is 0 Å². The molecule has 2 heteroatoms. The first kappa shape index (κ1) is 13.4. The Labute approximate surface area is 103 Å². The number of hydrogen-bond donors (Lipinski definition) is 0. The molecule has 1 rings (SSSR count). The number of aryl methyl sites for hydroxylation is 1. The average molecular weight is 229 g/mol. The van der Waals surface area contributed by atoms with Crippen molar-refractivity contribution >= 4 is 6.08 Å². The lowest BCUT2D eigenvalue weighted by molar-refractivity contribution is 0.562. The van der Waals surface area contributed by atoms with E-state index in [2.05, 4.69) is 50.9 Å². The zero-order chi connectivity index (χ0) is 12.8. The molecule has 17 heavy (non-hydrogen) atoms. The van der Waals surface area contributed by atoms with E-state index in [0.717, 1.165) is 12.0 Å². The molecule has 0 spiro atoms. The Morgan fingerprint density at radius 1 is 1.35 bits per heavy atom. The highest BCUT2D eigenvalue weighted by Crippen LogP contribution is 2.18. The molecule has 0 radical (unpaired) electrons. The third-order valence-electron chi connectivity index (χ3n) is 2.89. The molecule has 0 unspecified atom stereocenters. The number of hydrogen-bond acceptors (Lipinski definition) is 2. The van der Waals surface area contributed by atoms with E-state index in [1.54, 1.807) is 6.08 Å². The minimum absolute atomic E-state index is 0.429. The van der Waals surface area contributed by atoms with Gasteiger partial charge in [0, 0.05) is 0 Å². The van der Waals surface area contributed by atoms with E-state index in [9.17, 15) is 4.79 Å². The Balaban J connectivity index is 3.05. The molecule has 0 heterocycles. The van der Waals surface area contributed by atoms with Gasteiger partial charge in [-0.2, -0.15) is 0 Å². The van der Waals surface area contributed by atoms with Gasteiger partial charge in [-0.15, -0.1) is 0 Å². The second-order valence-electron chi connectivity index (χ2n) is 4.59. The van der Waals surface area contributed by atoms with Crippen LogP contribution in [0.2, 0.25) is 0 Å². The van der Waals surface area contributed by atoms with Crippen molar-refractivity contribution in [3.63, 3.8) is 0 Å². The molecule has 0 aliphatic carbocycles. The van der Waals surface area contributed by atoms with E-state index in [1.165, 1.54) is 22.3 Å². The van der Waals surface area contributed by atoms with E-state index in [0.29, 0.717) is 6.54 Å². The Morgan fingerprint density at radius 3 is 2.65 bits per heavy atom. The van der Waals surface area contributed by atoms with Crippen LogP contribution >= 0.6 is 0 Å². The molecule has 0 aliphatic rings. The second kappa shape index (κ2) is 6.17. The fourth-order valence-corrected chi connectivity index (χ4v) is 1.73. The van der Waals surface area contributed by atoms with Crippen LogP contribution in [0.3, 0.4) is 0 Å². The van der Waals surface area contributed by atoms with Crippen molar-refractivity contribution in [3.8, 4) is 0 Å². The molecule has 1 aromatic carbocycles. The molecule has 0 saturated heterocycles. The molecule has 0 atom stereocenters. The number of benzene rings is 1. The Morgan fingerprint density at radius 2 is 2.06 bits per heavy atom. The van der Waals surface area contributed by atoms with Crippen molar-refractivity contribution < 1.29 is 4.79 Å². The van der Waals surface area contributed by atoms with Gasteiger partial charge in [0.25, 0.3) is 0 Å². The lowest BCUT2D eigenvalue weighted by Crippen LogP contribution is -1.95. The Bertz CT molecular complexity index is 476. The molecule has 2 nitrogen and oxygen atoms in total. The Kier molecular flexibility index (Phi) is 4.86. The molecule has 0 N–H and O–H groups in total. The first-order valence-electron chi connectivity index (χ1n) is 5.80. The number of isocyanates is 1. The summed E-state index contributed by atoms with van der Waals surface area (Å²) in [6.07, 6.45) is 4.73. The summed E-state index contributed by atoms with van der Waals surface area (Å²) in [5.41, 5.74) is 6.16. The maximum absolute atomic E-state index is 10.2. The van der Waals surface area contributed by atoms with Crippen molar-refractivity contribution in [2.75, 3.05) is 0 Å². The number of allylic oxidation sites excluding steroid dienone is 2. The van der Waals surface area contributed by atoms with Gasteiger partial charge in [-0.05, 0) is 56.4 Å². The zero-order valence-electron chi connectivity index (χ0n) is 11.0. The smallest absolute Gasteiger partial charge is 0.211 e. The number of carbonyl (C=O) groups excluding carboxylic acids is 1. The van der Waals surface area contributed by atoms with Gasteiger partial charge in [0.15, 0.2) is 0 Å². The average Bonchev–Trinajstić information content (AvgIpc) is 2.28. The topological polar surface area (TPSA) is 29.4 Å². The third-order valence-corrected chi connectivity index (χ3v) is 2.89. The third kappa shape index (κ3) is 4.01. The van der Waals surface area contributed by atoms with Crippen molar-refractivity contribution in [2.45, 2.75) is 40.7 Å². The van der Waals surface area contributed by atoms with Gasteiger partial charge in [0.2, 0.25) is 6.08 Å². The van der Waals surface area contributed by atoms with Gasteiger partial charge in [-0.25, -0.2) is 9.79 Å². The normalized spacial score (nSPS) is 9.65. The van der Waals surface area contributed by atoms with Gasteiger partial charge in [-0.3, -0.25) is 0 Å². The van der Waals surface area contributed by atoms with Gasteiger partial charge < -0.3 is 0 Å². The highest BCUT2D eigenvalue weighted by Gasteiger charge is 2.03. The molecule has 0 aromatic heterocycles. The molecule has 1 aromatic rings. The molecule has 0 saturated carbocycles. The predicted molar refractivity (Wildman–Crippen MR) is 70.9 cm³/mol. The summed E-state index contributed by atoms with van der Waals surface area (Å²) in [7, 11) is 0. The molecule has 0 bridgehead atoms. The van der Waals surface area contributed by atoms with E-state index < -0.39 is 0 Å². The van der Waals surface area contributed by atoms with Crippen molar-refractivity contribution in [3.05, 3.63) is 46.0 Å². The van der Waals surface area contributed by atoms with E-state index >= 15 is 0 Å². The first-order chi connectivity index (χ1) is 8.04. The fraction of sp³-hybridized carbons (Fsp3) is 0.400. The largest absolute Gasteiger partial charge is 0.235 e. The SMILES string of the molecule is CC(C)=CCc1cc(C)c(C)c(CN=C=O)c1. The van der Waals surface area contributed by atoms with E-state index in [4.69, 9.17) is 0 Å². The molecular formula is C15H19NO. The monoisotopic (exact) mass is 229 g/mol. The van der Waals surface area contributed by atoms with Crippen LogP contribution in [0.5, 0.6) is 0 Å². The maximum Gasteiger partial charge on any atom is 0.235 e. The minimum atomic E-state index is 0.429. The zero-order valence-corrected chi connectivity index (χ0v) is 11.0. The lowest BCUT2D eigenvalue weighted by Gasteiger charge is -2.09. The highest BCUT2D eigenvalue weighted by molar-refractivity contribution is 5.40. The van der Waals surface area contributed by atoms with Crippen LogP contribution in [-0.2, 0) is 17.8 Å². The molecule has 90 valence electrons. The molecule has 0 aliphatic heterocycles. The van der Waals surface area contributed by atoms with Crippen molar-refractivity contribution in [1.82, 2.24) is 0 Å². The van der Waals surface area contributed by atoms with Crippen LogP contribution in [0, 0.1) is 13.8 Å². The van der Waals surface area contributed by atoms with Crippen LogP contribution < -0.4 is 0 Å². The van der Waals surface area contributed by atoms with E-state index in [1.807, 2.05) is 0 Å². The van der Waals surface area contributed by atoms with E-state index in [-0.39, 0.29) is 0 Å². The summed E-state index contributed by atoms with van der Waals surface area (Å²) < 4.78 is 0. The quantitative estimate of drug-likeness (QED) is 0.440. The standard InChI is InChI=1S/C15H19NO/c1-11(2)5-6-14-7-12(3)13(4)15(8-14)9-16-10-17/h5,7-8H,6,9H2,1-4H3. The molecule has 0 fully saturated rings. The van der Waals surface area contributed by atoms with Crippen LogP contribution in [-0.4, -0.2) is 6.08 Å². The summed E-state index contributed by atoms with van der Waals surface area (Å²) in [5.74, 6) is 0. The van der Waals surface area contributed by atoms with Gasteiger partial charge in [-0.1, -0.05) is 23.8 Å². The predicted octanol–water partition coefficient (Wildman–Crippen LogP) is 3.65. The highest BCUT2D eigenvalue weighted by atomic mass is 16.1. The van der Waals surface area contributed by atoms with Crippen LogP contribution in [0.1, 0.15) is 36.1 Å². The lowest BCUT2D eigenvalue weighted by atomic mass is 9.97. The van der Waals surface area contributed by atoms with Gasteiger partial charge in [0.1, 0.15) is 0 Å². The summed E-state index contributed by atoms with van der Waals surface area (Å²) in [4.78, 5) is 13.8. The number of rotatable bonds is 4. The summed E-state index contributed by atoms with van der Waals surface area (Å²) in [6, 6.07) is 4.32. The Hall–Kier alpha value is -1.66. The first-order valence-corrected chi connectivity index (χ1v) is 5.80. The minimum Gasteiger partial charge on any atom is -0.211 e. The number of aliphatic imine (C=N–C) groups is 1. The molecular weight excluding hydrogens is 210 g/mol. The summed E-state index contributed by atoms with van der Waals surface area (Å²) in [6.45, 7) is 8.78. The molecule has 0 amide bonds. The summed E-state index contributed by atoms with van der Waals surface area (Å²) in [5, 5.41) is 0. The fourth-order valence-electron chi connectivity index (χ4n) is 1.73. The van der Waals surface area contributed by atoms with Crippen molar-refractivity contribution in [2.24, 2.45) is 4.99 Å². The van der Waals surface area contributed by atoms with Crippen LogP contribution in [0.15, 0.2) is 28.8 Å². The van der Waals surface area contributed by atoms with Crippen molar-refractivity contribution in [1.29, 1.82) is 0 Å². The van der Waals surface area contributed by atoms with Gasteiger partial charge in [0.05, 0.1) is 6.54 Å². The maximum atomic E-state index is 10.2. The number of nitrogens with zero attached hydrogens (tertiary/aromatic N) is 1. The van der Waals surface area contributed by atoms with Gasteiger partial charge >= 0.3 is 0 Å². The second-order valence-corrected chi connectivity index (χ2v) is 4.59. The van der Waals surface area contributed by atoms with Crippen LogP contribution in [0.4, 0.5) is 0 Å².